The molecule has 0 spiro atoms. The van der Waals surface area contributed by atoms with Gasteiger partial charge in [-0.15, -0.1) is 11.3 Å². The fourth-order valence-corrected chi connectivity index (χ4v) is 3.60. The SMILES string of the molecule is CCOC(=O)c1cc(Cc2ccccc2)sc1N=CC1C(=O)NC(=O)NC1=O. The van der Waals surface area contributed by atoms with E-state index >= 15 is 0 Å². The van der Waals surface area contributed by atoms with Gasteiger partial charge in [0.1, 0.15) is 5.00 Å². The van der Waals surface area contributed by atoms with E-state index in [9.17, 15) is 19.2 Å². The average molecular weight is 399 g/mol. The molecule has 2 heterocycles. The predicted octanol–water partition coefficient (Wildman–Crippen LogP) is 2.20. The second kappa shape index (κ2) is 8.57. The van der Waals surface area contributed by atoms with E-state index in [-0.39, 0.29) is 12.2 Å². The molecule has 1 aromatic heterocycles. The van der Waals surface area contributed by atoms with Crippen LogP contribution in [0.5, 0.6) is 0 Å². The lowest BCUT2D eigenvalue weighted by Crippen LogP contribution is -2.56. The number of barbiturate groups is 1. The predicted molar refractivity (Wildman–Crippen MR) is 103 cm³/mol. The molecule has 0 radical (unpaired) electrons. The first-order valence-corrected chi connectivity index (χ1v) is 9.33. The summed E-state index contributed by atoms with van der Waals surface area (Å²) in [6, 6.07) is 10.6. The number of nitrogens with zero attached hydrogens (tertiary/aromatic N) is 1. The Morgan fingerprint density at radius 2 is 1.86 bits per heavy atom. The zero-order chi connectivity index (χ0) is 20.1. The van der Waals surface area contributed by atoms with Gasteiger partial charge in [-0.1, -0.05) is 30.3 Å². The molecule has 8 nitrogen and oxygen atoms in total. The minimum atomic E-state index is -1.26. The third kappa shape index (κ3) is 4.49. The fraction of sp³-hybridized carbons (Fsp3) is 0.211. The monoisotopic (exact) mass is 399 g/mol. The van der Waals surface area contributed by atoms with Gasteiger partial charge in [-0.2, -0.15) is 0 Å². The molecule has 1 aliphatic heterocycles. The van der Waals surface area contributed by atoms with Crippen molar-refractivity contribution in [1.29, 1.82) is 0 Å². The van der Waals surface area contributed by atoms with Crippen molar-refractivity contribution in [1.82, 2.24) is 10.6 Å². The maximum Gasteiger partial charge on any atom is 0.341 e. The number of imide groups is 2. The molecule has 2 N–H and O–H groups in total. The molecule has 9 heteroatoms. The number of carbonyl (C=O) groups excluding carboxylic acids is 4. The van der Waals surface area contributed by atoms with Crippen molar-refractivity contribution in [2.75, 3.05) is 6.61 Å². The number of benzene rings is 1. The Morgan fingerprint density at radius 1 is 1.18 bits per heavy atom. The molecule has 3 rings (SSSR count). The standard InChI is InChI=1S/C19H17N3O5S/c1-2-27-18(25)13-9-12(8-11-6-4-3-5-7-11)28-17(13)20-10-14-15(23)21-19(26)22-16(14)24/h3-7,9-10,14H,2,8H2,1H3,(H2,21,22,23,24,26). The van der Waals surface area contributed by atoms with E-state index in [1.54, 1.807) is 13.0 Å². The Kier molecular flexibility index (Phi) is 5.95. The van der Waals surface area contributed by atoms with Crippen molar-refractivity contribution in [3.63, 3.8) is 0 Å². The van der Waals surface area contributed by atoms with Crippen molar-refractivity contribution in [3.05, 3.63) is 52.4 Å². The number of hydrogen-bond acceptors (Lipinski definition) is 7. The van der Waals surface area contributed by atoms with Crippen molar-refractivity contribution < 1.29 is 23.9 Å². The van der Waals surface area contributed by atoms with Gasteiger partial charge >= 0.3 is 12.0 Å². The second-order valence-corrected chi connectivity index (χ2v) is 6.99. The van der Waals surface area contributed by atoms with E-state index in [1.165, 1.54) is 11.3 Å². The quantitative estimate of drug-likeness (QED) is 0.439. The summed E-state index contributed by atoms with van der Waals surface area (Å²) in [4.78, 5) is 52.1. The normalized spacial score (nSPS) is 14.8. The van der Waals surface area contributed by atoms with Crippen LogP contribution in [-0.4, -0.2) is 36.6 Å². The van der Waals surface area contributed by atoms with Gasteiger partial charge in [0.2, 0.25) is 11.8 Å². The highest BCUT2D eigenvalue weighted by Gasteiger charge is 2.33. The van der Waals surface area contributed by atoms with Gasteiger partial charge in [0.25, 0.3) is 0 Å². The largest absolute Gasteiger partial charge is 0.462 e. The first-order valence-electron chi connectivity index (χ1n) is 8.51. The van der Waals surface area contributed by atoms with Crippen molar-refractivity contribution in [3.8, 4) is 0 Å². The lowest BCUT2D eigenvalue weighted by molar-refractivity contribution is -0.132. The van der Waals surface area contributed by atoms with Gasteiger partial charge in [-0.25, -0.2) is 14.6 Å². The van der Waals surface area contributed by atoms with Gasteiger partial charge in [0.15, 0.2) is 5.92 Å². The van der Waals surface area contributed by atoms with Crippen molar-refractivity contribution >= 4 is 46.4 Å². The highest BCUT2D eigenvalue weighted by molar-refractivity contribution is 7.16. The molecular weight excluding hydrogens is 382 g/mol. The van der Waals surface area contributed by atoms with Crippen LogP contribution < -0.4 is 10.6 Å². The Morgan fingerprint density at radius 3 is 2.50 bits per heavy atom. The molecule has 0 aliphatic carbocycles. The van der Waals surface area contributed by atoms with Crippen LogP contribution in [0.4, 0.5) is 9.80 Å². The fourth-order valence-electron chi connectivity index (χ4n) is 2.57. The van der Waals surface area contributed by atoms with Crippen molar-refractivity contribution in [2.45, 2.75) is 13.3 Å². The number of hydrogen-bond donors (Lipinski definition) is 2. The van der Waals surface area contributed by atoms with Gasteiger partial charge in [0, 0.05) is 17.5 Å². The summed E-state index contributed by atoms with van der Waals surface area (Å²) >= 11 is 1.27. The van der Waals surface area contributed by atoms with E-state index in [0.717, 1.165) is 16.7 Å². The summed E-state index contributed by atoms with van der Waals surface area (Å²) in [5.41, 5.74) is 1.33. The molecule has 0 atom stereocenters. The van der Waals surface area contributed by atoms with E-state index in [1.807, 2.05) is 41.0 Å². The first-order chi connectivity index (χ1) is 13.5. The number of urea groups is 1. The van der Waals surface area contributed by atoms with Crippen LogP contribution in [0.1, 0.15) is 27.7 Å². The summed E-state index contributed by atoms with van der Waals surface area (Å²) in [5, 5.41) is 4.34. The Hall–Kier alpha value is -3.33. The molecule has 1 saturated heterocycles. The second-order valence-electron chi connectivity index (χ2n) is 5.88. The Labute approximate surface area is 164 Å². The molecule has 0 unspecified atom stereocenters. The van der Waals surface area contributed by atoms with E-state index in [4.69, 9.17) is 4.74 Å². The smallest absolute Gasteiger partial charge is 0.341 e. The summed E-state index contributed by atoms with van der Waals surface area (Å²) in [5.74, 6) is -3.32. The number of nitrogens with one attached hydrogen (secondary N) is 2. The van der Waals surface area contributed by atoms with Gasteiger partial charge < -0.3 is 4.74 Å². The number of thiophene rings is 1. The van der Waals surface area contributed by atoms with Gasteiger partial charge in [0.05, 0.1) is 12.2 Å². The van der Waals surface area contributed by atoms with E-state index in [0.29, 0.717) is 11.4 Å². The minimum Gasteiger partial charge on any atom is -0.462 e. The van der Waals surface area contributed by atoms with Crippen molar-refractivity contribution in [2.24, 2.45) is 10.9 Å². The number of carbonyl (C=O) groups is 4. The van der Waals surface area contributed by atoms with Crippen LogP contribution in [0.3, 0.4) is 0 Å². The van der Waals surface area contributed by atoms with Gasteiger partial charge in [-0.3, -0.25) is 20.2 Å². The number of aliphatic imine (C=N–C) groups is 1. The highest BCUT2D eigenvalue weighted by atomic mass is 32.1. The third-order valence-corrected chi connectivity index (χ3v) is 4.90. The van der Waals surface area contributed by atoms with Crippen LogP contribution in [0.15, 0.2) is 41.4 Å². The summed E-state index contributed by atoms with van der Waals surface area (Å²) < 4.78 is 5.07. The van der Waals surface area contributed by atoms with Crippen LogP contribution >= 0.6 is 11.3 Å². The highest BCUT2D eigenvalue weighted by Crippen LogP contribution is 2.33. The van der Waals surface area contributed by atoms with E-state index in [2.05, 4.69) is 4.99 Å². The average Bonchev–Trinajstić information content (AvgIpc) is 3.04. The summed E-state index contributed by atoms with van der Waals surface area (Å²) in [7, 11) is 0. The Balaban J connectivity index is 1.87. The maximum absolute atomic E-state index is 12.3. The third-order valence-electron chi connectivity index (χ3n) is 3.86. The molecule has 144 valence electrons. The molecule has 0 bridgehead atoms. The zero-order valence-corrected chi connectivity index (χ0v) is 15.7. The minimum absolute atomic E-state index is 0.210. The molecule has 2 aromatic rings. The van der Waals surface area contributed by atoms with E-state index < -0.39 is 29.7 Å². The lowest BCUT2D eigenvalue weighted by atomic mass is 10.1. The molecule has 1 aromatic carbocycles. The Bertz CT molecular complexity index is 932. The summed E-state index contributed by atoms with van der Waals surface area (Å²) in [6.45, 7) is 1.91. The molecule has 1 fully saturated rings. The van der Waals surface area contributed by atoms with Crippen LogP contribution in [0.2, 0.25) is 0 Å². The van der Waals surface area contributed by atoms with Crippen LogP contribution in [-0.2, 0) is 20.7 Å². The molecular formula is C19H17N3O5S. The lowest BCUT2D eigenvalue weighted by Gasteiger charge is -2.16. The van der Waals surface area contributed by atoms with Crippen LogP contribution in [0.25, 0.3) is 0 Å². The molecule has 28 heavy (non-hydrogen) atoms. The zero-order valence-electron chi connectivity index (χ0n) is 14.9. The topological polar surface area (TPSA) is 114 Å². The number of rotatable bonds is 6. The van der Waals surface area contributed by atoms with Gasteiger partial charge in [-0.05, 0) is 18.6 Å². The molecule has 4 amide bonds. The molecule has 1 aliphatic rings. The summed E-state index contributed by atoms with van der Waals surface area (Å²) in [6.07, 6.45) is 1.73. The number of ether oxygens (including phenoxy) is 1. The molecule has 0 saturated carbocycles. The maximum atomic E-state index is 12.3. The first kappa shape index (κ1) is 19.4. The van der Waals surface area contributed by atoms with Crippen LogP contribution in [0, 0.1) is 5.92 Å². The number of amides is 4. The number of esters is 1.